The first kappa shape index (κ1) is 17.3. The molecule has 5 rings (SSSR count). The second-order valence-electron chi connectivity index (χ2n) is 6.86. The molecule has 29 heavy (non-hydrogen) atoms. The summed E-state index contributed by atoms with van der Waals surface area (Å²) >= 11 is 0. The lowest BCUT2D eigenvalue weighted by Crippen LogP contribution is -2.20. The molecule has 1 aliphatic rings. The quantitative estimate of drug-likeness (QED) is 0.541. The molecule has 0 amide bonds. The molecule has 0 aliphatic carbocycles. The third kappa shape index (κ3) is 3.17. The van der Waals surface area contributed by atoms with Crippen molar-refractivity contribution in [2.45, 2.75) is 6.04 Å². The Kier molecular flexibility index (Phi) is 4.33. The van der Waals surface area contributed by atoms with Crippen molar-refractivity contribution in [1.29, 1.82) is 0 Å². The first-order valence-corrected chi connectivity index (χ1v) is 9.50. The van der Waals surface area contributed by atoms with Crippen molar-refractivity contribution in [3.05, 3.63) is 102 Å². The van der Waals surface area contributed by atoms with E-state index in [1.54, 1.807) is 13.4 Å². The van der Waals surface area contributed by atoms with Crippen LogP contribution in [0.3, 0.4) is 0 Å². The summed E-state index contributed by atoms with van der Waals surface area (Å²) in [6.45, 7) is 0. The Balaban J connectivity index is 1.54. The van der Waals surface area contributed by atoms with Gasteiger partial charge in [-0.25, -0.2) is 4.68 Å². The van der Waals surface area contributed by atoms with Gasteiger partial charge in [-0.2, -0.15) is 10.1 Å². The smallest absolute Gasteiger partial charge is 0.226 e. The molecule has 5 heteroatoms. The first-order chi connectivity index (χ1) is 14.3. The van der Waals surface area contributed by atoms with Gasteiger partial charge in [0.15, 0.2) is 0 Å². The number of hydrogen-bond donors (Lipinski definition) is 1. The fraction of sp³-hybridized carbons (Fsp3) is 0.0833. The average molecular weight is 380 g/mol. The predicted molar refractivity (Wildman–Crippen MR) is 115 cm³/mol. The second-order valence-corrected chi connectivity index (χ2v) is 6.86. The molecule has 0 spiro atoms. The van der Waals surface area contributed by atoms with Gasteiger partial charge in [-0.05, 0) is 28.8 Å². The molecule has 0 bridgehead atoms. The van der Waals surface area contributed by atoms with E-state index >= 15 is 0 Å². The highest BCUT2D eigenvalue weighted by Gasteiger charge is 2.25. The van der Waals surface area contributed by atoms with Crippen LogP contribution in [0.15, 0.2) is 91.3 Å². The number of nitrogens with zero attached hydrogens (tertiary/aromatic N) is 3. The van der Waals surface area contributed by atoms with E-state index in [0.717, 1.165) is 22.6 Å². The van der Waals surface area contributed by atoms with Crippen molar-refractivity contribution in [3.63, 3.8) is 0 Å². The zero-order valence-corrected chi connectivity index (χ0v) is 16.0. The van der Waals surface area contributed by atoms with Gasteiger partial charge in [0.05, 0.1) is 7.11 Å². The summed E-state index contributed by atoms with van der Waals surface area (Å²) in [6.07, 6.45) is 3.73. The number of hydrogen-bond acceptors (Lipinski definition) is 4. The van der Waals surface area contributed by atoms with Gasteiger partial charge in [-0.1, -0.05) is 72.8 Å². The fourth-order valence-corrected chi connectivity index (χ4v) is 3.71. The number of rotatable bonds is 4. The summed E-state index contributed by atoms with van der Waals surface area (Å²) in [5.41, 5.74) is 5.54. The number of benzene rings is 3. The molecule has 0 radical (unpaired) electrons. The molecule has 0 fully saturated rings. The average Bonchev–Trinajstić information content (AvgIpc) is 3.28. The Bertz CT molecular complexity index is 1160. The Labute approximate surface area is 169 Å². The molecule has 0 saturated carbocycles. The highest BCUT2D eigenvalue weighted by atomic mass is 16.5. The molecule has 3 aromatic carbocycles. The van der Waals surface area contributed by atoms with Crippen molar-refractivity contribution in [2.24, 2.45) is 0 Å². The van der Waals surface area contributed by atoms with Gasteiger partial charge in [0.2, 0.25) is 5.95 Å². The Morgan fingerprint density at radius 1 is 0.828 bits per heavy atom. The van der Waals surface area contributed by atoms with Crippen LogP contribution in [0.25, 0.3) is 16.8 Å². The van der Waals surface area contributed by atoms with E-state index < -0.39 is 0 Å². The van der Waals surface area contributed by atoms with E-state index in [2.05, 4.69) is 76.1 Å². The van der Waals surface area contributed by atoms with E-state index in [1.165, 1.54) is 11.1 Å². The third-order valence-electron chi connectivity index (χ3n) is 5.17. The molecule has 4 aromatic rings. The van der Waals surface area contributed by atoms with E-state index in [0.29, 0.717) is 5.95 Å². The molecular formula is C24H20N4O. The molecule has 142 valence electrons. The van der Waals surface area contributed by atoms with Gasteiger partial charge in [0.1, 0.15) is 18.1 Å². The maximum atomic E-state index is 5.58. The molecule has 2 heterocycles. The van der Waals surface area contributed by atoms with Gasteiger partial charge in [-0.15, -0.1) is 0 Å². The maximum Gasteiger partial charge on any atom is 0.226 e. The number of fused-ring (bicyclic) bond motifs is 1. The SMILES string of the molecule is COc1ccccc1[C@H]1C=C(c2ccc(-c3ccccc3)cc2)Nc2ncnn21. The molecule has 5 nitrogen and oxygen atoms in total. The summed E-state index contributed by atoms with van der Waals surface area (Å²) in [5.74, 6) is 1.54. The topological polar surface area (TPSA) is 52.0 Å². The summed E-state index contributed by atoms with van der Waals surface area (Å²) in [7, 11) is 1.69. The van der Waals surface area contributed by atoms with Gasteiger partial charge < -0.3 is 10.1 Å². The number of anilines is 1. The number of nitrogens with one attached hydrogen (secondary N) is 1. The maximum absolute atomic E-state index is 5.58. The van der Waals surface area contributed by atoms with Crippen LogP contribution in [0.2, 0.25) is 0 Å². The Morgan fingerprint density at radius 3 is 2.31 bits per heavy atom. The first-order valence-electron chi connectivity index (χ1n) is 9.50. The van der Waals surface area contributed by atoms with Gasteiger partial charge in [0.25, 0.3) is 0 Å². The largest absolute Gasteiger partial charge is 0.496 e. The minimum absolute atomic E-state index is 0.103. The van der Waals surface area contributed by atoms with Crippen LogP contribution in [0.4, 0.5) is 5.95 Å². The van der Waals surface area contributed by atoms with Crippen molar-refractivity contribution < 1.29 is 4.74 Å². The third-order valence-corrected chi connectivity index (χ3v) is 5.17. The number of aromatic nitrogens is 3. The summed E-state index contributed by atoms with van der Waals surface area (Å²) in [6, 6.07) is 26.8. The van der Waals surface area contributed by atoms with Crippen molar-refractivity contribution >= 4 is 11.6 Å². The van der Waals surface area contributed by atoms with Crippen molar-refractivity contribution in [2.75, 3.05) is 12.4 Å². The lowest BCUT2D eigenvalue weighted by molar-refractivity contribution is 0.404. The summed E-state index contributed by atoms with van der Waals surface area (Å²) < 4.78 is 7.46. The Hall–Kier alpha value is -3.86. The molecule has 1 atom stereocenters. The van der Waals surface area contributed by atoms with E-state index in [-0.39, 0.29) is 6.04 Å². The summed E-state index contributed by atoms with van der Waals surface area (Å²) in [5, 5.41) is 7.81. The zero-order valence-electron chi connectivity index (χ0n) is 16.0. The van der Waals surface area contributed by atoms with Crippen LogP contribution in [-0.2, 0) is 0 Å². The molecule has 0 saturated heterocycles. The Morgan fingerprint density at radius 2 is 1.52 bits per heavy atom. The molecule has 1 aromatic heterocycles. The molecular weight excluding hydrogens is 360 g/mol. The highest BCUT2D eigenvalue weighted by Crippen LogP contribution is 2.36. The fourth-order valence-electron chi connectivity index (χ4n) is 3.71. The lowest BCUT2D eigenvalue weighted by Gasteiger charge is -2.25. The van der Waals surface area contributed by atoms with Crippen LogP contribution < -0.4 is 10.1 Å². The molecule has 0 unspecified atom stereocenters. The van der Waals surface area contributed by atoms with E-state index in [4.69, 9.17) is 4.74 Å². The van der Waals surface area contributed by atoms with Gasteiger partial charge in [0, 0.05) is 11.3 Å². The van der Waals surface area contributed by atoms with E-state index in [1.807, 2.05) is 28.9 Å². The second kappa shape index (κ2) is 7.28. The van der Waals surface area contributed by atoms with E-state index in [9.17, 15) is 0 Å². The van der Waals surface area contributed by atoms with Crippen LogP contribution in [0.1, 0.15) is 17.2 Å². The standard InChI is InChI=1S/C24H20N4O/c1-29-23-10-6-5-9-20(23)22-15-21(27-24-25-16-26-28(22)24)19-13-11-18(12-14-19)17-7-3-2-4-8-17/h2-16,22H,1H3,(H,25,26,27)/t22-/m1/s1. The summed E-state index contributed by atoms with van der Waals surface area (Å²) in [4.78, 5) is 4.39. The predicted octanol–water partition coefficient (Wildman–Crippen LogP) is 5.01. The minimum Gasteiger partial charge on any atom is -0.496 e. The number of ether oxygens (including phenoxy) is 1. The number of methoxy groups -OCH3 is 1. The monoisotopic (exact) mass is 380 g/mol. The molecule has 1 N–H and O–H groups in total. The van der Waals surface area contributed by atoms with Crippen molar-refractivity contribution in [1.82, 2.24) is 14.8 Å². The molecule has 1 aliphatic heterocycles. The minimum atomic E-state index is -0.103. The normalized spacial score (nSPS) is 15.2. The van der Waals surface area contributed by atoms with Crippen molar-refractivity contribution in [3.8, 4) is 16.9 Å². The van der Waals surface area contributed by atoms with Gasteiger partial charge in [-0.3, -0.25) is 0 Å². The van der Waals surface area contributed by atoms with Crippen LogP contribution in [0.5, 0.6) is 5.75 Å². The van der Waals surface area contributed by atoms with Crippen LogP contribution in [0, 0.1) is 0 Å². The highest BCUT2D eigenvalue weighted by molar-refractivity contribution is 5.78. The van der Waals surface area contributed by atoms with Crippen LogP contribution in [-0.4, -0.2) is 21.9 Å². The number of allylic oxidation sites excluding steroid dienone is 1. The number of para-hydroxylation sites is 1. The van der Waals surface area contributed by atoms with Gasteiger partial charge >= 0.3 is 0 Å². The van der Waals surface area contributed by atoms with Crippen LogP contribution >= 0.6 is 0 Å². The lowest BCUT2D eigenvalue weighted by atomic mass is 9.99. The zero-order chi connectivity index (χ0) is 19.6.